The van der Waals surface area contributed by atoms with Gasteiger partial charge in [0, 0.05) is 18.6 Å². The Labute approximate surface area is 130 Å². The van der Waals surface area contributed by atoms with Gasteiger partial charge in [-0.2, -0.15) is 4.31 Å². The Morgan fingerprint density at radius 3 is 2.52 bits per heavy atom. The van der Waals surface area contributed by atoms with E-state index in [-0.39, 0.29) is 22.0 Å². The van der Waals surface area contributed by atoms with Crippen molar-refractivity contribution in [3.63, 3.8) is 0 Å². The van der Waals surface area contributed by atoms with Crippen molar-refractivity contribution in [2.75, 3.05) is 6.54 Å². The highest BCUT2D eigenvalue weighted by Crippen LogP contribution is 2.30. The first-order chi connectivity index (χ1) is 9.87. The van der Waals surface area contributed by atoms with Crippen molar-refractivity contribution in [1.82, 2.24) is 4.31 Å². The Morgan fingerprint density at radius 2 is 1.95 bits per heavy atom. The molecule has 1 fully saturated rings. The lowest BCUT2D eigenvalue weighted by Gasteiger charge is -2.34. The predicted molar refractivity (Wildman–Crippen MR) is 81.2 cm³/mol. The van der Waals surface area contributed by atoms with Gasteiger partial charge in [-0.1, -0.05) is 24.6 Å². The van der Waals surface area contributed by atoms with Crippen molar-refractivity contribution in [3.05, 3.63) is 29.0 Å². The summed E-state index contributed by atoms with van der Waals surface area (Å²) in [5.41, 5.74) is 5.86. The molecule has 0 bridgehead atoms. The topological polar surface area (TPSA) is 63.4 Å². The summed E-state index contributed by atoms with van der Waals surface area (Å²) in [4.78, 5) is -0.355. The number of rotatable bonds is 4. The molecule has 1 saturated carbocycles. The zero-order valence-corrected chi connectivity index (χ0v) is 13.5. The van der Waals surface area contributed by atoms with Crippen LogP contribution in [0.15, 0.2) is 23.1 Å². The fourth-order valence-corrected chi connectivity index (χ4v) is 4.84. The zero-order valence-electron chi connectivity index (χ0n) is 11.9. The van der Waals surface area contributed by atoms with Crippen molar-refractivity contribution in [3.8, 4) is 0 Å². The average Bonchev–Trinajstić information content (AvgIpc) is 2.44. The summed E-state index contributed by atoms with van der Waals surface area (Å²) in [6, 6.07) is 4.05. The van der Waals surface area contributed by atoms with Crippen LogP contribution in [0.1, 0.15) is 32.6 Å². The number of halogens is 2. The third-order valence-corrected chi connectivity index (χ3v) is 6.30. The molecule has 4 nitrogen and oxygen atoms in total. The number of nitrogens with two attached hydrogens (primary N) is 1. The fourth-order valence-electron chi connectivity index (χ4n) is 2.82. The summed E-state index contributed by atoms with van der Waals surface area (Å²) in [6.45, 7) is 2.06. The second-order valence-corrected chi connectivity index (χ2v) is 7.60. The Kier molecular flexibility index (Phi) is 5.24. The molecule has 1 aliphatic carbocycles. The van der Waals surface area contributed by atoms with Crippen LogP contribution in [0.3, 0.4) is 0 Å². The van der Waals surface area contributed by atoms with Crippen LogP contribution >= 0.6 is 11.6 Å². The highest BCUT2D eigenvalue weighted by atomic mass is 35.5. The Balaban J connectivity index is 2.34. The standard InChI is InChI=1S/C14H20ClFN2O2S/c1-2-18(11-8-6-10(17)7-9-11)21(19,20)13-5-3-4-12(15)14(13)16/h3-5,10-11H,2,6-9,17H2,1H3. The van der Waals surface area contributed by atoms with Crippen molar-refractivity contribution in [2.45, 2.75) is 49.6 Å². The van der Waals surface area contributed by atoms with E-state index >= 15 is 0 Å². The largest absolute Gasteiger partial charge is 0.328 e. The molecule has 0 atom stereocenters. The summed E-state index contributed by atoms with van der Waals surface area (Å²) in [5, 5.41) is -0.183. The van der Waals surface area contributed by atoms with Gasteiger partial charge in [0.05, 0.1) is 5.02 Å². The van der Waals surface area contributed by atoms with Gasteiger partial charge in [-0.05, 0) is 37.8 Å². The quantitative estimate of drug-likeness (QED) is 0.920. The van der Waals surface area contributed by atoms with E-state index in [1.54, 1.807) is 6.92 Å². The molecule has 0 heterocycles. The lowest BCUT2D eigenvalue weighted by Crippen LogP contribution is -2.44. The second kappa shape index (κ2) is 6.60. The van der Waals surface area contributed by atoms with E-state index in [1.165, 1.54) is 22.5 Å². The zero-order chi connectivity index (χ0) is 15.6. The third kappa shape index (κ3) is 3.39. The van der Waals surface area contributed by atoms with E-state index in [4.69, 9.17) is 17.3 Å². The van der Waals surface area contributed by atoms with Gasteiger partial charge < -0.3 is 5.73 Å². The molecule has 0 amide bonds. The normalized spacial score (nSPS) is 23.5. The van der Waals surface area contributed by atoms with Crippen LogP contribution in [0.25, 0.3) is 0 Å². The maximum absolute atomic E-state index is 14.1. The summed E-state index contributed by atoms with van der Waals surface area (Å²) in [6.07, 6.45) is 2.98. The molecule has 2 rings (SSSR count). The van der Waals surface area contributed by atoms with E-state index in [1.807, 2.05) is 0 Å². The number of hydrogen-bond acceptors (Lipinski definition) is 3. The van der Waals surface area contributed by atoms with Crippen LogP contribution in [0.2, 0.25) is 5.02 Å². The van der Waals surface area contributed by atoms with Crippen LogP contribution < -0.4 is 5.73 Å². The summed E-state index contributed by atoms with van der Waals surface area (Å²) >= 11 is 5.70. The molecule has 1 aliphatic rings. The molecule has 0 unspecified atom stereocenters. The number of nitrogens with zero attached hydrogens (tertiary/aromatic N) is 1. The van der Waals surface area contributed by atoms with Gasteiger partial charge >= 0.3 is 0 Å². The Bertz CT molecular complexity index is 601. The molecule has 118 valence electrons. The summed E-state index contributed by atoms with van der Waals surface area (Å²) in [5.74, 6) is -0.884. The highest BCUT2D eigenvalue weighted by Gasteiger charge is 2.34. The van der Waals surface area contributed by atoms with Crippen LogP contribution in [0.5, 0.6) is 0 Å². The van der Waals surface area contributed by atoms with E-state index < -0.39 is 15.8 Å². The SMILES string of the molecule is CCN(C1CCC(N)CC1)S(=O)(=O)c1cccc(Cl)c1F. The predicted octanol–water partition coefficient (Wildman–Crippen LogP) is 2.76. The average molecular weight is 335 g/mol. The van der Waals surface area contributed by atoms with Crippen molar-refractivity contribution < 1.29 is 12.8 Å². The van der Waals surface area contributed by atoms with E-state index in [2.05, 4.69) is 0 Å². The molecule has 1 aromatic rings. The fraction of sp³-hybridized carbons (Fsp3) is 0.571. The van der Waals surface area contributed by atoms with Gasteiger partial charge in [-0.15, -0.1) is 0 Å². The first-order valence-corrected chi connectivity index (χ1v) is 8.91. The van der Waals surface area contributed by atoms with Gasteiger partial charge in [0.15, 0.2) is 5.82 Å². The lowest BCUT2D eigenvalue weighted by atomic mass is 9.92. The van der Waals surface area contributed by atoms with Crippen molar-refractivity contribution >= 4 is 21.6 Å². The van der Waals surface area contributed by atoms with Crippen LogP contribution in [-0.4, -0.2) is 31.4 Å². The minimum Gasteiger partial charge on any atom is -0.328 e. The molecule has 2 N–H and O–H groups in total. The molecular weight excluding hydrogens is 315 g/mol. The molecule has 21 heavy (non-hydrogen) atoms. The number of benzene rings is 1. The van der Waals surface area contributed by atoms with Gasteiger partial charge in [0.2, 0.25) is 10.0 Å². The maximum Gasteiger partial charge on any atom is 0.246 e. The lowest BCUT2D eigenvalue weighted by molar-refractivity contribution is 0.246. The van der Waals surface area contributed by atoms with Gasteiger partial charge in [-0.3, -0.25) is 0 Å². The number of sulfonamides is 1. The monoisotopic (exact) mass is 334 g/mol. The highest BCUT2D eigenvalue weighted by molar-refractivity contribution is 7.89. The molecule has 1 aromatic carbocycles. The van der Waals surface area contributed by atoms with Crippen LogP contribution in [0.4, 0.5) is 4.39 Å². The van der Waals surface area contributed by atoms with E-state index in [0.717, 1.165) is 12.8 Å². The molecule has 7 heteroatoms. The molecule has 0 spiro atoms. The summed E-state index contributed by atoms with van der Waals surface area (Å²) < 4.78 is 40.9. The third-order valence-electron chi connectivity index (χ3n) is 3.96. The first-order valence-electron chi connectivity index (χ1n) is 7.09. The van der Waals surface area contributed by atoms with Gasteiger partial charge in [0.25, 0.3) is 0 Å². The van der Waals surface area contributed by atoms with Gasteiger partial charge in [-0.25, -0.2) is 12.8 Å². The minimum absolute atomic E-state index is 0.127. The molecule has 0 radical (unpaired) electrons. The molecule has 0 aliphatic heterocycles. The van der Waals surface area contributed by atoms with E-state index in [0.29, 0.717) is 19.4 Å². The Morgan fingerprint density at radius 1 is 1.33 bits per heavy atom. The van der Waals surface area contributed by atoms with Crippen LogP contribution in [0, 0.1) is 5.82 Å². The molecule has 0 saturated heterocycles. The van der Waals surface area contributed by atoms with Crippen molar-refractivity contribution in [2.24, 2.45) is 5.73 Å². The minimum atomic E-state index is -3.89. The maximum atomic E-state index is 14.1. The van der Waals surface area contributed by atoms with Gasteiger partial charge in [0.1, 0.15) is 4.90 Å². The number of hydrogen-bond donors (Lipinski definition) is 1. The van der Waals surface area contributed by atoms with Crippen LogP contribution in [-0.2, 0) is 10.0 Å². The van der Waals surface area contributed by atoms with Crippen molar-refractivity contribution in [1.29, 1.82) is 0 Å². The smallest absolute Gasteiger partial charge is 0.246 e. The summed E-state index contributed by atoms with van der Waals surface area (Å²) in [7, 11) is -3.89. The first kappa shape index (κ1) is 16.7. The molecular formula is C14H20ClFN2O2S. The van der Waals surface area contributed by atoms with E-state index in [9.17, 15) is 12.8 Å². The Hall–Kier alpha value is -0.690. The second-order valence-electron chi connectivity index (χ2n) is 5.33. The molecule has 0 aromatic heterocycles.